The van der Waals surface area contributed by atoms with Gasteiger partial charge in [-0.3, -0.25) is 4.84 Å². The predicted molar refractivity (Wildman–Crippen MR) is 37.2 cm³/mol. The maximum absolute atomic E-state index is 5.16. The van der Waals surface area contributed by atoms with Crippen molar-refractivity contribution in [1.82, 2.24) is 0 Å². The lowest BCUT2D eigenvalue weighted by atomic mass is 10.5. The van der Waals surface area contributed by atoms with E-state index in [4.69, 9.17) is 10.3 Å². The van der Waals surface area contributed by atoms with E-state index in [0.717, 1.165) is 0 Å². The molecule has 1 aromatic rings. The van der Waals surface area contributed by atoms with Crippen molar-refractivity contribution in [2.24, 2.45) is 5.90 Å². The summed E-state index contributed by atoms with van der Waals surface area (Å²) in [5.74, 6) is 6.26. The maximum Gasteiger partial charge on any atom is 0.192 e. The van der Waals surface area contributed by atoms with Gasteiger partial charge in [-0.25, -0.2) is 5.90 Å². The first-order valence-electron chi connectivity index (χ1n) is 2.95. The molecule has 0 radical (unpaired) electrons. The molecule has 0 aliphatic carbocycles. The summed E-state index contributed by atoms with van der Waals surface area (Å²) >= 11 is 0. The van der Waals surface area contributed by atoms with Gasteiger partial charge >= 0.3 is 0 Å². The van der Waals surface area contributed by atoms with E-state index in [2.05, 4.69) is 10.2 Å². The Balaban J connectivity index is 2.59. The molecule has 1 aromatic heterocycles. The SMILES string of the molecule is CNc1ccc(CON)o1. The molecule has 4 nitrogen and oxygen atoms in total. The molecule has 0 saturated heterocycles. The molecule has 0 saturated carbocycles. The van der Waals surface area contributed by atoms with Gasteiger partial charge < -0.3 is 9.73 Å². The molecule has 0 atom stereocenters. The molecule has 0 aliphatic heterocycles. The minimum absolute atomic E-state index is 0.307. The van der Waals surface area contributed by atoms with Crippen molar-refractivity contribution >= 4 is 5.88 Å². The van der Waals surface area contributed by atoms with Crippen molar-refractivity contribution in [3.8, 4) is 0 Å². The van der Waals surface area contributed by atoms with Gasteiger partial charge in [0.1, 0.15) is 12.4 Å². The lowest BCUT2D eigenvalue weighted by Gasteiger charge is -1.92. The fraction of sp³-hybridized carbons (Fsp3) is 0.333. The van der Waals surface area contributed by atoms with Gasteiger partial charge in [0, 0.05) is 13.1 Å². The van der Waals surface area contributed by atoms with Gasteiger partial charge in [0.25, 0.3) is 0 Å². The van der Waals surface area contributed by atoms with Crippen molar-refractivity contribution in [3.05, 3.63) is 17.9 Å². The molecule has 0 unspecified atom stereocenters. The van der Waals surface area contributed by atoms with E-state index in [1.54, 1.807) is 13.1 Å². The van der Waals surface area contributed by atoms with Crippen LogP contribution < -0.4 is 11.2 Å². The quantitative estimate of drug-likeness (QED) is 0.610. The third-order valence-electron chi connectivity index (χ3n) is 1.13. The Morgan fingerprint density at radius 1 is 1.70 bits per heavy atom. The van der Waals surface area contributed by atoms with Crippen LogP contribution in [0.1, 0.15) is 5.76 Å². The Morgan fingerprint density at radius 3 is 3.00 bits per heavy atom. The molecule has 4 heteroatoms. The highest BCUT2D eigenvalue weighted by molar-refractivity contribution is 5.30. The predicted octanol–water partition coefficient (Wildman–Crippen LogP) is 0.712. The van der Waals surface area contributed by atoms with Crippen LogP contribution >= 0.6 is 0 Å². The van der Waals surface area contributed by atoms with Crippen LogP contribution in [-0.2, 0) is 11.4 Å². The highest BCUT2D eigenvalue weighted by atomic mass is 16.6. The fourth-order valence-electron chi connectivity index (χ4n) is 0.672. The van der Waals surface area contributed by atoms with Gasteiger partial charge in [-0.1, -0.05) is 0 Å². The van der Waals surface area contributed by atoms with Gasteiger partial charge in [0.15, 0.2) is 5.88 Å². The van der Waals surface area contributed by atoms with Crippen molar-refractivity contribution in [2.75, 3.05) is 12.4 Å². The summed E-state index contributed by atoms with van der Waals surface area (Å²) in [7, 11) is 1.78. The molecule has 0 aromatic carbocycles. The van der Waals surface area contributed by atoms with Crippen LogP contribution in [0.2, 0.25) is 0 Å². The molecule has 0 aliphatic rings. The Bertz CT molecular complexity index is 197. The van der Waals surface area contributed by atoms with E-state index in [0.29, 0.717) is 18.3 Å². The summed E-state index contributed by atoms with van der Waals surface area (Å²) in [6.45, 7) is 0.307. The van der Waals surface area contributed by atoms with Gasteiger partial charge in [0.2, 0.25) is 0 Å². The molecule has 0 amide bonds. The number of hydrogen-bond acceptors (Lipinski definition) is 4. The second-order valence-corrected chi connectivity index (χ2v) is 1.83. The number of hydrogen-bond donors (Lipinski definition) is 2. The molecule has 0 fully saturated rings. The average molecular weight is 142 g/mol. The summed E-state index contributed by atoms with van der Waals surface area (Å²) in [6, 6.07) is 3.62. The molecule has 0 spiro atoms. The first kappa shape index (κ1) is 7.11. The largest absolute Gasteiger partial charge is 0.443 e. The van der Waals surface area contributed by atoms with Crippen LogP contribution in [-0.4, -0.2) is 7.05 Å². The van der Waals surface area contributed by atoms with Crippen LogP contribution in [0, 0.1) is 0 Å². The van der Waals surface area contributed by atoms with E-state index in [-0.39, 0.29) is 0 Å². The fourth-order valence-corrected chi connectivity index (χ4v) is 0.672. The molecule has 3 N–H and O–H groups in total. The second kappa shape index (κ2) is 3.24. The number of anilines is 1. The standard InChI is InChI=1S/C6H10N2O2/c1-8-6-3-2-5(10-6)4-9-7/h2-3,8H,4,7H2,1H3. The Labute approximate surface area is 58.9 Å². The zero-order valence-corrected chi connectivity index (χ0v) is 5.76. The van der Waals surface area contributed by atoms with E-state index >= 15 is 0 Å². The summed E-state index contributed by atoms with van der Waals surface area (Å²) in [5.41, 5.74) is 0. The third-order valence-corrected chi connectivity index (χ3v) is 1.13. The highest BCUT2D eigenvalue weighted by Crippen LogP contribution is 2.11. The number of nitrogens with one attached hydrogen (secondary N) is 1. The van der Waals surface area contributed by atoms with Gasteiger partial charge in [-0.15, -0.1) is 0 Å². The second-order valence-electron chi connectivity index (χ2n) is 1.83. The molecule has 1 rings (SSSR count). The minimum atomic E-state index is 0.307. The minimum Gasteiger partial charge on any atom is -0.443 e. The molecular formula is C6H10N2O2. The summed E-state index contributed by atoms with van der Waals surface area (Å²) < 4.78 is 5.16. The number of nitrogens with two attached hydrogens (primary N) is 1. The monoisotopic (exact) mass is 142 g/mol. The first-order chi connectivity index (χ1) is 4.86. The van der Waals surface area contributed by atoms with E-state index < -0.39 is 0 Å². The first-order valence-corrected chi connectivity index (χ1v) is 2.95. The Hall–Kier alpha value is -1.00. The third kappa shape index (κ3) is 1.49. The number of furan rings is 1. The zero-order valence-electron chi connectivity index (χ0n) is 5.76. The van der Waals surface area contributed by atoms with Crippen LogP contribution in [0.15, 0.2) is 16.5 Å². The molecule has 1 heterocycles. The maximum atomic E-state index is 5.16. The van der Waals surface area contributed by atoms with Gasteiger partial charge in [0.05, 0.1) is 0 Å². The molecule has 56 valence electrons. The average Bonchev–Trinajstić information content (AvgIpc) is 2.37. The normalized spacial score (nSPS) is 9.80. The van der Waals surface area contributed by atoms with Crippen molar-refractivity contribution in [1.29, 1.82) is 0 Å². The lowest BCUT2D eigenvalue weighted by molar-refractivity contribution is 0.109. The van der Waals surface area contributed by atoms with Gasteiger partial charge in [-0.05, 0) is 6.07 Å². The van der Waals surface area contributed by atoms with Crippen LogP contribution in [0.4, 0.5) is 5.88 Å². The van der Waals surface area contributed by atoms with E-state index in [9.17, 15) is 0 Å². The summed E-state index contributed by atoms with van der Waals surface area (Å²) in [5, 5.41) is 2.84. The van der Waals surface area contributed by atoms with Gasteiger partial charge in [-0.2, -0.15) is 0 Å². The van der Waals surface area contributed by atoms with Crippen molar-refractivity contribution < 1.29 is 9.25 Å². The zero-order chi connectivity index (χ0) is 7.40. The highest BCUT2D eigenvalue weighted by Gasteiger charge is 1.97. The van der Waals surface area contributed by atoms with E-state index in [1.165, 1.54) is 0 Å². The lowest BCUT2D eigenvalue weighted by Crippen LogP contribution is -1.97. The summed E-state index contributed by atoms with van der Waals surface area (Å²) in [6.07, 6.45) is 0. The molecule has 0 bridgehead atoms. The van der Waals surface area contributed by atoms with E-state index in [1.807, 2.05) is 6.07 Å². The topological polar surface area (TPSA) is 60.4 Å². The smallest absolute Gasteiger partial charge is 0.192 e. The van der Waals surface area contributed by atoms with Crippen LogP contribution in [0.5, 0.6) is 0 Å². The van der Waals surface area contributed by atoms with Crippen LogP contribution in [0.3, 0.4) is 0 Å². The Kier molecular flexibility index (Phi) is 2.30. The molecule has 10 heavy (non-hydrogen) atoms. The number of rotatable bonds is 3. The molecular weight excluding hydrogens is 132 g/mol. The van der Waals surface area contributed by atoms with Crippen molar-refractivity contribution in [2.45, 2.75) is 6.61 Å². The Morgan fingerprint density at radius 2 is 2.50 bits per heavy atom. The summed E-state index contributed by atoms with van der Waals surface area (Å²) in [4.78, 5) is 4.36. The van der Waals surface area contributed by atoms with Crippen LogP contribution in [0.25, 0.3) is 0 Å². The van der Waals surface area contributed by atoms with Crippen molar-refractivity contribution in [3.63, 3.8) is 0 Å².